The average Bonchev–Trinajstić information content (AvgIpc) is 2.42. The first-order chi connectivity index (χ1) is 9.53. The summed E-state index contributed by atoms with van der Waals surface area (Å²) in [6, 6.07) is 10.2. The highest BCUT2D eigenvalue weighted by Crippen LogP contribution is 2.25. The summed E-state index contributed by atoms with van der Waals surface area (Å²) < 4.78 is 0. The Kier molecular flexibility index (Phi) is 3.36. The standard InChI is InChI=1S/C16H21N3O/c1-16(20)6-8-19(9-7-16)11-13-10-12-4-2-3-5-14(12)18-15(13)17/h2-5,10,20H,6-9,11H2,1H3,(H2,17,18). The first-order valence-electron chi connectivity index (χ1n) is 7.12. The van der Waals surface area contributed by atoms with Gasteiger partial charge in [-0.1, -0.05) is 18.2 Å². The highest BCUT2D eigenvalue weighted by Gasteiger charge is 2.27. The van der Waals surface area contributed by atoms with Gasteiger partial charge in [-0.05, 0) is 31.9 Å². The first kappa shape index (κ1) is 13.3. The highest BCUT2D eigenvalue weighted by molar-refractivity contribution is 5.81. The van der Waals surface area contributed by atoms with Crippen molar-refractivity contribution in [3.05, 3.63) is 35.9 Å². The van der Waals surface area contributed by atoms with E-state index in [9.17, 15) is 5.11 Å². The number of aliphatic hydroxyl groups is 1. The fourth-order valence-electron chi connectivity index (χ4n) is 2.74. The van der Waals surface area contributed by atoms with Crippen LogP contribution in [0.25, 0.3) is 10.9 Å². The van der Waals surface area contributed by atoms with Crippen molar-refractivity contribution in [2.24, 2.45) is 0 Å². The summed E-state index contributed by atoms with van der Waals surface area (Å²) in [5.74, 6) is 0.612. The fourth-order valence-corrected chi connectivity index (χ4v) is 2.74. The molecule has 0 amide bonds. The Labute approximate surface area is 119 Å². The van der Waals surface area contributed by atoms with E-state index in [0.29, 0.717) is 5.82 Å². The normalized spacial score (nSPS) is 19.3. The summed E-state index contributed by atoms with van der Waals surface area (Å²) >= 11 is 0. The molecule has 20 heavy (non-hydrogen) atoms. The van der Waals surface area contributed by atoms with Crippen LogP contribution in [0.1, 0.15) is 25.3 Å². The van der Waals surface area contributed by atoms with Gasteiger partial charge in [-0.2, -0.15) is 0 Å². The fraction of sp³-hybridized carbons (Fsp3) is 0.438. The number of piperidine rings is 1. The van der Waals surface area contributed by atoms with Crippen molar-refractivity contribution < 1.29 is 5.11 Å². The molecule has 0 unspecified atom stereocenters. The number of nitrogens with zero attached hydrogens (tertiary/aromatic N) is 2. The Bertz CT molecular complexity index is 614. The lowest BCUT2D eigenvalue weighted by molar-refractivity contribution is -0.00725. The Balaban J connectivity index is 1.79. The van der Waals surface area contributed by atoms with Crippen molar-refractivity contribution in [1.82, 2.24) is 9.88 Å². The number of hydrogen-bond acceptors (Lipinski definition) is 4. The highest BCUT2D eigenvalue weighted by atomic mass is 16.3. The zero-order valence-electron chi connectivity index (χ0n) is 11.8. The van der Waals surface area contributed by atoms with E-state index < -0.39 is 5.60 Å². The quantitative estimate of drug-likeness (QED) is 0.878. The van der Waals surface area contributed by atoms with E-state index in [1.807, 2.05) is 25.1 Å². The molecular formula is C16H21N3O. The molecule has 1 aromatic carbocycles. The smallest absolute Gasteiger partial charge is 0.128 e. The maximum atomic E-state index is 9.99. The molecule has 106 valence electrons. The molecule has 3 N–H and O–H groups in total. The molecule has 1 fully saturated rings. The van der Waals surface area contributed by atoms with Gasteiger partial charge in [0, 0.05) is 30.6 Å². The van der Waals surface area contributed by atoms with Crippen molar-refractivity contribution in [3.63, 3.8) is 0 Å². The van der Waals surface area contributed by atoms with Gasteiger partial charge < -0.3 is 10.8 Å². The maximum absolute atomic E-state index is 9.99. The maximum Gasteiger partial charge on any atom is 0.128 e. The zero-order chi connectivity index (χ0) is 14.2. The van der Waals surface area contributed by atoms with E-state index in [0.717, 1.165) is 48.9 Å². The van der Waals surface area contributed by atoms with Crippen molar-refractivity contribution in [1.29, 1.82) is 0 Å². The number of aromatic nitrogens is 1. The summed E-state index contributed by atoms with van der Waals surface area (Å²) in [4.78, 5) is 6.80. The Morgan fingerprint density at radius 1 is 1.30 bits per heavy atom. The number of anilines is 1. The van der Waals surface area contributed by atoms with Crippen LogP contribution in [-0.2, 0) is 6.54 Å². The monoisotopic (exact) mass is 271 g/mol. The van der Waals surface area contributed by atoms with E-state index in [-0.39, 0.29) is 0 Å². The molecule has 2 heterocycles. The van der Waals surface area contributed by atoms with E-state index in [1.165, 1.54) is 0 Å². The van der Waals surface area contributed by atoms with E-state index in [4.69, 9.17) is 5.73 Å². The van der Waals surface area contributed by atoms with Gasteiger partial charge in [0.1, 0.15) is 5.82 Å². The molecule has 4 heteroatoms. The third-order valence-electron chi connectivity index (χ3n) is 4.16. The second-order valence-electron chi connectivity index (χ2n) is 6.00. The number of likely N-dealkylation sites (tertiary alicyclic amines) is 1. The van der Waals surface area contributed by atoms with Gasteiger partial charge >= 0.3 is 0 Å². The summed E-state index contributed by atoms with van der Waals surface area (Å²) in [7, 11) is 0. The molecule has 3 rings (SSSR count). The Morgan fingerprint density at radius 2 is 2.00 bits per heavy atom. The van der Waals surface area contributed by atoms with Crippen LogP contribution in [-0.4, -0.2) is 33.7 Å². The van der Waals surface area contributed by atoms with Gasteiger partial charge in [-0.15, -0.1) is 0 Å². The molecule has 1 aliphatic heterocycles. The van der Waals surface area contributed by atoms with Crippen LogP contribution in [0.4, 0.5) is 5.82 Å². The van der Waals surface area contributed by atoms with Crippen molar-refractivity contribution in [2.75, 3.05) is 18.8 Å². The van der Waals surface area contributed by atoms with Crippen LogP contribution in [0, 0.1) is 0 Å². The minimum Gasteiger partial charge on any atom is -0.390 e. The van der Waals surface area contributed by atoms with Crippen LogP contribution < -0.4 is 5.73 Å². The molecule has 1 saturated heterocycles. The molecular weight excluding hydrogens is 250 g/mol. The predicted molar refractivity (Wildman–Crippen MR) is 81.3 cm³/mol. The molecule has 0 radical (unpaired) electrons. The van der Waals surface area contributed by atoms with Gasteiger partial charge in [0.15, 0.2) is 0 Å². The van der Waals surface area contributed by atoms with E-state index in [1.54, 1.807) is 0 Å². The van der Waals surface area contributed by atoms with Crippen LogP contribution in [0.5, 0.6) is 0 Å². The average molecular weight is 271 g/mol. The lowest BCUT2D eigenvalue weighted by atomic mass is 9.93. The largest absolute Gasteiger partial charge is 0.390 e. The van der Waals surface area contributed by atoms with E-state index in [2.05, 4.69) is 22.0 Å². The van der Waals surface area contributed by atoms with Crippen molar-refractivity contribution in [2.45, 2.75) is 31.9 Å². The number of nitrogen functional groups attached to an aromatic ring is 1. The van der Waals surface area contributed by atoms with Gasteiger partial charge in [0.25, 0.3) is 0 Å². The second-order valence-corrected chi connectivity index (χ2v) is 6.00. The number of fused-ring (bicyclic) bond motifs is 1. The summed E-state index contributed by atoms with van der Waals surface area (Å²) in [5, 5.41) is 11.1. The Morgan fingerprint density at radius 3 is 2.75 bits per heavy atom. The molecule has 0 spiro atoms. The Hall–Kier alpha value is -1.65. The number of para-hydroxylation sites is 1. The molecule has 0 aliphatic carbocycles. The summed E-state index contributed by atoms with van der Waals surface area (Å²) in [5.41, 5.74) is 7.57. The zero-order valence-corrected chi connectivity index (χ0v) is 11.8. The molecule has 4 nitrogen and oxygen atoms in total. The molecule has 0 bridgehead atoms. The summed E-state index contributed by atoms with van der Waals surface area (Å²) in [6.07, 6.45) is 1.63. The van der Waals surface area contributed by atoms with Crippen LogP contribution in [0.2, 0.25) is 0 Å². The van der Waals surface area contributed by atoms with Crippen LogP contribution in [0.3, 0.4) is 0 Å². The predicted octanol–water partition coefficient (Wildman–Crippen LogP) is 2.16. The topological polar surface area (TPSA) is 62.4 Å². The van der Waals surface area contributed by atoms with Crippen molar-refractivity contribution in [3.8, 4) is 0 Å². The van der Waals surface area contributed by atoms with Gasteiger partial charge in [-0.3, -0.25) is 4.90 Å². The lowest BCUT2D eigenvalue weighted by Gasteiger charge is -2.35. The molecule has 0 saturated carbocycles. The minimum atomic E-state index is -0.510. The second kappa shape index (κ2) is 5.04. The number of nitrogens with two attached hydrogens (primary N) is 1. The summed E-state index contributed by atoms with van der Waals surface area (Å²) in [6.45, 7) is 4.52. The number of hydrogen-bond donors (Lipinski definition) is 2. The molecule has 1 aromatic heterocycles. The van der Waals surface area contributed by atoms with Gasteiger partial charge in [-0.25, -0.2) is 4.98 Å². The molecule has 2 aromatic rings. The first-order valence-corrected chi connectivity index (χ1v) is 7.12. The third kappa shape index (κ3) is 2.76. The molecule has 1 aliphatic rings. The number of pyridine rings is 1. The lowest BCUT2D eigenvalue weighted by Crippen LogP contribution is -2.42. The molecule has 0 atom stereocenters. The SMILES string of the molecule is CC1(O)CCN(Cc2cc3ccccc3nc2N)CC1. The van der Waals surface area contributed by atoms with Gasteiger partial charge in [0.05, 0.1) is 11.1 Å². The minimum absolute atomic E-state index is 0.510. The van der Waals surface area contributed by atoms with Crippen molar-refractivity contribution >= 4 is 16.7 Å². The van der Waals surface area contributed by atoms with Crippen LogP contribution >= 0.6 is 0 Å². The van der Waals surface area contributed by atoms with Crippen LogP contribution in [0.15, 0.2) is 30.3 Å². The number of rotatable bonds is 2. The third-order valence-corrected chi connectivity index (χ3v) is 4.16. The number of benzene rings is 1. The van der Waals surface area contributed by atoms with E-state index >= 15 is 0 Å². The van der Waals surface area contributed by atoms with Gasteiger partial charge in [0.2, 0.25) is 0 Å².